The van der Waals surface area contributed by atoms with E-state index in [9.17, 15) is 18.0 Å². The number of aromatic nitrogens is 2. The third-order valence-electron chi connectivity index (χ3n) is 4.68. The highest BCUT2D eigenvalue weighted by molar-refractivity contribution is 6.04. The molecule has 0 atom stereocenters. The number of alkyl halides is 3. The van der Waals surface area contributed by atoms with Gasteiger partial charge >= 0.3 is 6.18 Å². The van der Waals surface area contributed by atoms with Gasteiger partial charge in [0.15, 0.2) is 0 Å². The molecule has 1 N–H and O–H groups in total. The highest BCUT2D eigenvalue weighted by Crippen LogP contribution is 2.30. The van der Waals surface area contributed by atoms with Crippen molar-refractivity contribution in [3.05, 3.63) is 95.4 Å². The lowest BCUT2D eigenvalue weighted by Gasteiger charge is -2.10. The Bertz CT molecular complexity index is 1230. The molecule has 1 amide bonds. The Morgan fingerprint density at radius 2 is 1.87 bits per heavy atom. The molecule has 2 heterocycles. The summed E-state index contributed by atoms with van der Waals surface area (Å²) in [7, 11) is 0. The maximum absolute atomic E-state index is 12.7. The lowest BCUT2D eigenvalue weighted by molar-refractivity contribution is -0.137. The zero-order valence-electron chi connectivity index (χ0n) is 16.5. The molecule has 0 bridgehead atoms. The van der Waals surface area contributed by atoms with Gasteiger partial charge in [-0.05, 0) is 61.0 Å². The summed E-state index contributed by atoms with van der Waals surface area (Å²) in [5.41, 5.74) is 2.46. The molecule has 2 aromatic carbocycles. The van der Waals surface area contributed by atoms with E-state index in [4.69, 9.17) is 4.74 Å². The van der Waals surface area contributed by atoms with Gasteiger partial charge < -0.3 is 14.5 Å². The van der Waals surface area contributed by atoms with Gasteiger partial charge in [-0.2, -0.15) is 13.2 Å². The third-order valence-corrected chi connectivity index (χ3v) is 4.68. The second-order valence-electron chi connectivity index (χ2n) is 7.00. The largest absolute Gasteiger partial charge is 0.487 e. The smallest absolute Gasteiger partial charge is 0.416 e. The minimum absolute atomic E-state index is 0.227. The molecule has 0 saturated heterocycles. The van der Waals surface area contributed by atoms with Gasteiger partial charge in [0.05, 0.1) is 11.3 Å². The van der Waals surface area contributed by atoms with E-state index in [-0.39, 0.29) is 12.3 Å². The zero-order valence-corrected chi connectivity index (χ0v) is 16.5. The average Bonchev–Trinajstić information content (AvgIpc) is 3.17. The number of ether oxygens (including phenoxy) is 1. The summed E-state index contributed by atoms with van der Waals surface area (Å²) in [6.07, 6.45) is -0.637. The molecule has 0 aliphatic heterocycles. The van der Waals surface area contributed by atoms with Gasteiger partial charge in [0.2, 0.25) is 0 Å². The second-order valence-corrected chi connectivity index (χ2v) is 7.00. The minimum Gasteiger partial charge on any atom is -0.487 e. The van der Waals surface area contributed by atoms with E-state index in [0.717, 1.165) is 29.0 Å². The van der Waals surface area contributed by atoms with Crippen molar-refractivity contribution in [2.75, 3.05) is 5.32 Å². The summed E-state index contributed by atoms with van der Waals surface area (Å²) in [6.45, 7) is 2.21. The van der Waals surface area contributed by atoms with E-state index in [0.29, 0.717) is 11.3 Å². The lowest BCUT2D eigenvalue weighted by atomic mass is 10.1. The van der Waals surface area contributed by atoms with Crippen LogP contribution < -0.4 is 10.1 Å². The fourth-order valence-corrected chi connectivity index (χ4v) is 3.10. The minimum atomic E-state index is -4.42. The van der Waals surface area contributed by atoms with E-state index < -0.39 is 17.6 Å². The molecule has 0 aliphatic rings. The molecule has 31 heavy (non-hydrogen) atoms. The number of anilines is 1. The predicted molar refractivity (Wildman–Crippen MR) is 110 cm³/mol. The average molecular weight is 425 g/mol. The Morgan fingerprint density at radius 1 is 1.10 bits per heavy atom. The lowest BCUT2D eigenvalue weighted by Crippen LogP contribution is -2.12. The number of pyridine rings is 1. The molecule has 5 nitrogen and oxygen atoms in total. The van der Waals surface area contributed by atoms with Gasteiger partial charge in [-0.3, -0.25) is 4.79 Å². The molecule has 0 aliphatic carbocycles. The molecule has 0 unspecified atom stereocenters. The van der Waals surface area contributed by atoms with Crippen LogP contribution in [-0.4, -0.2) is 15.3 Å². The SMILES string of the molecule is Cc1cccn2cc(COc3cccc(C(=O)Nc4ccc(C(F)(F)F)cc4)c3)nc12. The van der Waals surface area contributed by atoms with Gasteiger partial charge in [-0.15, -0.1) is 0 Å². The van der Waals surface area contributed by atoms with Crippen LogP contribution in [-0.2, 0) is 12.8 Å². The van der Waals surface area contributed by atoms with Crippen molar-refractivity contribution < 1.29 is 22.7 Å². The predicted octanol–water partition coefficient (Wildman–Crippen LogP) is 5.49. The molecule has 4 aromatic rings. The fraction of sp³-hybridized carbons (Fsp3) is 0.130. The summed E-state index contributed by atoms with van der Waals surface area (Å²) >= 11 is 0. The number of halogens is 3. The van der Waals surface area contributed by atoms with E-state index in [1.165, 1.54) is 12.1 Å². The number of rotatable bonds is 5. The van der Waals surface area contributed by atoms with Crippen LogP contribution in [0.25, 0.3) is 5.65 Å². The van der Waals surface area contributed by atoms with Crippen LogP contribution in [0.5, 0.6) is 5.75 Å². The van der Waals surface area contributed by atoms with Gasteiger partial charge in [0.1, 0.15) is 18.0 Å². The molecule has 158 valence electrons. The number of aryl methyl sites for hydroxylation is 1. The number of carbonyl (C=O) groups excluding carboxylic acids is 1. The summed E-state index contributed by atoms with van der Waals surface area (Å²) in [4.78, 5) is 17.0. The molecule has 8 heteroatoms. The fourth-order valence-electron chi connectivity index (χ4n) is 3.10. The topological polar surface area (TPSA) is 55.6 Å². The van der Waals surface area contributed by atoms with Gasteiger partial charge in [0, 0.05) is 23.6 Å². The third kappa shape index (κ3) is 4.69. The Labute approximate surface area is 176 Å². The summed E-state index contributed by atoms with van der Waals surface area (Å²) in [6, 6.07) is 14.7. The van der Waals surface area contributed by atoms with Crippen molar-refractivity contribution in [1.29, 1.82) is 0 Å². The Hall–Kier alpha value is -3.81. The number of nitrogens with zero attached hydrogens (tertiary/aromatic N) is 2. The first-order valence-corrected chi connectivity index (χ1v) is 9.44. The number of amides is 1. The molecular weight excluding hydrogens is 407 g/mol. The van der Waals surface area contributed by atoms with Crippen LogP contribution in [0.2, 0.25) is 0 Å². The first-order chi connectivity index (χ1) is 14.8. The van der Waals surface area contributed by atoms with E-state index in [1.807, 2.05) is 35.9 Å². The Kier molecular flexibility index (Phi) is 5.37. The van der Waals surface area contributed by atoms with Crippen molar-refractivity contribution in [2.24, 2.45) is 0 Å². The molecule has 0 saturated carbocycles. The molecular formula is C23H18F3N3O2. The Balaban J connectivity index is 1.42. The number of nitrogens with one attached hydrogen (secondary N) is 1. The molecule has 0 fully saturated rings. The highest BCUT2D eigenvalue weighted by Gasteiger charge is 2.30. The number of carbonyl (C=O) groups is 1. The highest BCUT2D eigenvalue weighted by atomic mass is 19.4. The van der Waals surface area contributed by atoms with Crippen molar-refractivity contribution >= 4 is 17.2 Å². The number of hydrogen-bond donors (Lipinski definition) is 1. The standard InChI is InChI=1S/C23H18F3N3O2/c1-15-4-3-11-29-13-19(27-21(15)29)14-31-20-6-2-5-16(12-20)22(30)28-18-9-7-17(8-10-18)23(24,25)26/h2-13H,14H2,1H3,(H,28,30). The number of benzene rings is 2. The summed E-state index contributed by atoms with van der Waals surface area (Å²) in [5, 5.41) is 2.58. The van der Waals surface area contributed by atoms with Crippen LogP contribution in [0.4, 0.5) is 18.9 Å². The quantitative estimate of drug-likeness (QED) is 0.460. The zero-order chi connectivity index (χ0) is 22.0. The van der Waals surface area contributed by atoms with Crippen molar-refractivity contribution in [3.8, 4) is 5.75 Å². The van der Waals surface area contributed by atoms with Crippen LogP contribution in [0.15, 0.2) is 73.1 Å². The Morgan fingerprint density at radius 3 is 2.58 bits per heavy atom. The van der Waals surface area contributed by atoms with Crippen LogP contribution in [0, 0.1) is 6.92 Å². The molecule has 4 rings (SSSR count). The van der Waals surface area contributed by atoms with Gasteiger partial charge in [0.25, 0.3) is 5.91 Å². The molecule has 0 spiro atoms. The first kappa shape index (κ1) is 20.5. The van der Waals surface area contributed by atoms with Crippen molar-refractivity contribution in [2.45, 2.75) is 19.7 Å². The van der Waals surface area contributed by atoms with E-state index >= 15 is 0 Å². The monoisotopic (exact) mass is 425 g/mol. The second kappa shape index (κ2) is 8.14. The number of fused-ring (bicyclic) bond motifs is 1. The van der Waals surface area contributed by atoms with E-state index in [2.05, 4.69) is 10.3 Å². The number of hydrogen-bond acceptors (Lipinski definition) is 3. The van der Waals surface area contributed by atoms with E-state index in [1.54, 1.807) is 24.3 Å². The molecule has 0 radical (unpaired) electrons. The summed E-state index contributed by atoms with van der Waals surface area (Å²) < 4.78 is 45.7. The van der Waals surface area contributed by atoms with Crippen molar-refractivity contribution in [1.82, 2.24) is 9.38 Å². The van der Waals surface area contributed by atoms with Crippen LogP contribution in [0.3, 0.4) is 0 Å². The number of imidazole rings is 1. The van der Waals surface area contributed by atoms with Crippen LogP contribution >= 0.6 is 0 Å². The van der Waals surface area contributed by atoms with Gasteiger partial charge in [-0.25, -0.2) is 4.98 Å². The maximum Gasteiger partial charge on any atom is 0.416 e. The van der Waals surface area contributed by atoms with Crippen LogP contribution in [0.1, 0.15) is 27.2 Å². The van der Waals surface area contributed by atoms with Crippen molar-refractivity contribution in [3.63, 3.8) is 0 Å². The first-order valence-electron chi connectivity index (χ1n) is 9.44. The molecule has 2 aromatic heterocycles. The maximum atomic E-state index is 12.7. The normalized spacial score (nSPS) is 11.5. The van der Waals surface area contributed by atoms with Gasteiger partial charge in [-0.1, -0.05) is 12.1 Å². The summed E-state index contributed by atoms with van der Waals surface area (Å²) in [5.74, 6) is 0.0300.